The Bertz CT molecular complexity index is 696. The summed E-state index contributed by atoms with van der Waals surface area (Å²) in [5, 5.41) is 20.9. The van der Waals surface area contributed by atoms with Gasteiger partial charge in [-0.25, -0.2) is 15.0 Å². The van der Waals surface area contributed by atoms with Crippen molar-refractivity contribution in [3.63, 3.8) is 0 Å². The van der Waals surface area contributed by atoms with Crippen LogP contribution >= 0.6 is 0 Å². The summed E-state index contributed by atoms with van der Waals surface area (Å²) >= 11 is 0. The van der Waals surface area contributed by atoms with Crippen molar-refractivity contribution in [3.05, 3.63) is 24.3 Å². The lowest BCUT2D eigenvalue weighted by Gasteiger charge is -2.08. The third-order valence-electron chi connectivity index (χ3n) is 3.08. The van der Waals surface area contributed by atoms with E-state index in [4.69, 9.17) is 15.9 Å². The number of aromatic nitrogens is 4. The number of aliphatic carboxylic acids is 1. The number of nitrogens with two attached hydrogens (primary N) is 1. The molecule has 0 aliphatic rings. The summed E-state index contributed by atoms with van der Waals surface area (Å²) in [6.45, 7) is 2.38. The Hall–Kier alpha value is -2.52. The van der Waals surface area contributed by atoms with Crippen molar-refractivity contribution in [2.24, 2.45) is 5.73 Å². The highest BCUT2D eigenvalue weighted by atomic mass is 16.4. The minimum Gasteiger partial charge on any atom is -0.480 e. The Morgan fingerprint density at radius 3 is 2.95 bits per heavy atom. The molecular weight excluding hydrogens is 288 g/mol. The summed E-state index contributed by atoms with van der Waals surface area (Å²) < 4.78 is 1.58. The number of hydrogen-bond donors (Lipinski definition) is 4. The number of rotatable bonds is 7. The van der Waals surface area contributed by atoms with Gasteiger partial charge in [-0.1, -0.05) is 11.6 Å². The molecule has 0 radical (unpaired) electrons. The molecule has 2 aromatic heterocycles. The van der Waals surface area contributed by atoms with Gasteiger partial charge in [-0.2, -0.15) is 0 Å². The van der Waals surface area contributed by atoms with Crippen LogP contribution in [0.3, 0.4) is 0 Å². The van der Waals surface area contributed by atoms with Crippen LogP contribution < -0.4 is 11.1 Å². The Kier molecular flexibility index (Phi) is 5.02. The SMILES string of the molecule is C/C(=C\CNc1ncnc2c1ncn2C[C@@H](N)C(=O)O)CO. The van der Waals surface area contributed by atoms with Gasteiger partial charge >= 0.3 is 5.97 Å². The van der Waals surface area contributed by atoms with Crippen molar-refractivity contribution in [3.8, 4) is 0 Å². The number of anilines is 1. The summed E-state index contributed by atoms with van der Waals surface area (Å²) in [6.07, 6.45) is 4.70. The quantitative estimate of drug-likeness (QED) is 0.506. The molecular formula is C13H18N6O3. The highest BCUT2D eigenvalue weighted by molar-refractivity contribution is 5.83. The molecule has 2 rings (SSSR count). The van der Waals surface area contributed by atoms with Gasteiger partial charge in [0.05, 0.1) is 19.5 Å². The summed E-state index contributed by atoms with van der Waals surface area (Å²) in [5.74, 6) is -0.548. The minimum atomic E-state index is -1.08. The molecule has 0 amide bonds. The van der Waals surface area contributed by atoms with E-state index in [0.29, 0.717) is 23.5 Å². The van der Waals surface area contributed by atoms with Gasteiger partial charge in [0.2, 0.25) is 0 Å². The maximum atomic E-state index is 10.8. The predicted molar refractivity (Wildman–Crippen MR) is 80.3 cm³/mol. The van der Waals surface area contributed by atoms with Gasteiger partial charge in [0, 0.05) is 6.54 Å². The van der Waals surface area contributed by atoms with Crippen LogP contribution in [0.25, 0.3) is 11.2 Å². The first-order chi connectivity index (χ1) is 10.5. The lowest BCUT2D eigenvalue weighted by atomic mass is 10.3. The molecule has 0 fully saturated rings. The number of fused-ring (bicyclic) bond motifs is 1. The zero-order valence-corrected chi connectivity index (χ0v) is 12.1. The van der Waals surface area contributed by atoms with Gasteiger partial charge in [-0.3, -0.25) is 4.79 Å². The largest absolute Gasteiger partial charge is 0.480 e. The molecule has 1 atom stereocenters. The Morgan fingerprint density at radius 1 is 1.50 bits per heavy atom. The topological polar surface area (TPSA) is 139 Å². The summed E-state index contributed by atoms with van der Waals surface area (Å²) in [4.78, 5) is 23.3. The fourth-order valence-electron chi connectivity index (χ4n) is 1.82. The Morgan fingerprint density at radius 2 is 2.27 bits per heavy atom. The number of aliphatic hydroxyl groups excluding tert-OH is 1. The molecule has 2 aromatic rings. The zero-order chi connectivity index (χ0) is 16.1. The summed E-state index contributed by atoms with van der Waals surface area (Å²) in [5.41, 5.74) is 7.42. The van der Waals surface area contributed by atoms with Crippen LogP contribution in [0, 0.1) is 0 Å². The molecule has 5 N–H and O–H groups in total. The molecule has 9 nitrogen and oxygen atoms in total. The van der Waals surface area contributed by atoms with Gasteiger partial charge in [0.25, 0.3) is 0 Å². The maximum Gasteiger partial charge on any atom is 0.322 e. The van der Waals surface area contributed by atoms with Gasteiger partial charge < -0.3 is 25.8 Å². The second-order valence-electron chi connectivity index (χ2n) is 4.83. The number of aliphatic hydroxyl groups is 1. The van der Waals surface area contributed by atoms with E-state index in [2.05, 4.69) is 20.3 Å². The Balaban J connectivity index is 2.20. The van der Waals surface area contributed by atoms with E-state index in [-0.39, 0.29) is 13.2 Å². The van der Waals surface area contributed by atoms with E-state index < -0.39 is 12.0 Å². The van der Waals surface area contributed by atoms with Crippen molar-refractivity contribution < 1.29 is 15.0 Å². The molecule has 0 unspecified atom stereocenters. The van der Waals surface area contributed by atoms with Crippen molar-refractivity contribution in [1.29, 1.82) is 0 Å². The van der Waals surface area contributed by atoms with Crippen LogP contribution in [0.2, 0.25) is 0 Å². The molecule has 0 saturated heterocycles. The zero-order valence-electron chi connectivity index (χ0n) is 12.1. The van der Waals surface area contributed by atoms with E-state index in [1.165, 1.54) is 12.7 Å². The second kappa shape index (κ2) is 6.96. The third-order valence-corrected chi connectivity index (χ3v) is 3.08. The molecule has 0 aliphatic carbocycles. The molecule has 0 saturated carbocycles. The van der Waals surface area contributed by atoms with Crippen molar-refractivity contribution in [2.75, 3.05) is 18.5 Å². The molecule has 0 bridgehead atoms. The first-order valence-electron chi connectivity index (χ1n) is 6.67. The number of carboxylic acid groups (broad SMARTS) is 1. The van der Waals surface area contributed by atoms with Gasteiger partial charge in [-0.15, -0.1) is 0 Å². The number of hydrogen-bond acceptors (Lipinski definition) is 7. The molecule has 118 valence electrons. The molecule has 22 heavy (non-hydrogen) atoms. The number of nitrogens with zero attached hydrogens (tertiary/aromatic N) is 4. The number of carboxylic acids is 1. The molecule has 0 aliphatic heterocycles. The van der Waals surface area contributed by atoms with E-state index >= 15 is 0 Å². The monoisotopic (exact) mass is 306 g/mol. The first-order valence-corrected chi connectivity index (χ1v) is 6.67. The van der Waals surface area contributed by atoms with E-state index in [1.807, 2.05) is 13.0 Å². The Labute approximate surface area is 126 Å². The van der Waals surface area contributed by atoms with E-state index in [9.17, 15) is 4.79 Å². The lowest BCUT2D eigenvalue weighted by Crippen LogP contribution is -2.34. The number of nitrogens with one attached hydrogen (secondary N) is 1. The van der Waals surface area contributed by atoms with Crippen LogP contribution in [0.5, 0.6) is 0 Å². The maximum absolute atomic E-state index is 10.8. The molecule has 0 aromatic carbocycles. The fourth-order valence-corrected chi connectivity index (χ4v) is 1.82. The van der Waals surface area contributed by atoms with Gasteiger partial charge in [0.15, 0.2) is 11.5 Å². The van der Waals surface area contributed by atoms with Crippen molar-refractivity contribution in [1.82, 2.24) is 19.5 Å². The minimum absolute atomic E-state index is 0.00255. The fraction of sp³-hybridized carbons (Fsp3) is 0.385. The van der Waals surface area contributed by atoms with Crippen LogP contribution in [0.15, 0.2) is 24.3 Å². The van der Waals surface area contributed by atoms with Crippen molar-refractivity contribution in [2.45, 2.75) is 19.5 Å². The smallest absolute Gasteiger partial charge is 0.322 e. The average Bonchev–Trinajstić information content (AvgIpc) is 2.91. The molecule has 2 heterocycles. The number of carbonyl (C=O) groups is 1. The molecule has 9 heteroatoms. The summed E-state index contributed by atoms with van der Waals surface area (Å²) in [6, 6.07) is -1.03. The standard InChI is InChI=1S/C13H18N6O3/c1-8(5-20)2-3-15-11-10-12(17-6-16-11)19(7-18-10)4-9(14)13(21)22/h2,6-7,9,20H,3-5,14H2,1H3,(H,21,22)(H,15,16,17)/b8-2+/t9-/m1/s1. The number of imidazole rings is 1. The van der Waals surface area contributed by atoms with E-state index in [0.717, 1.165) is 5.57 Å². The van der Waals surface area contributed by atoms with Gasteiger partial charge in [0.1, 0.15) is 17.9 Å². The van der Waals surface area contributed by atoms with Crippen LogP contribution in [0.1, 0.15) is 6.92 Å². The second-order valence-corrected chi connectivity index (χ2v) is 4.83. The van der Waals surface area contributed by atoms with Crippen LogP contribution in [-0.4, -0.2) is 54.9 Å². The molecule has 0 spiro atoms. The lowest BCUT2D eigenvalue weighted by molar-refractivity contribution is -0.138. The normalized spacial score (nSPS) is 13.3. The third kappa shape index (κ3) is 3.57. The highest BCUT2D eigenvalue weighted by Gasteiger charge is 2.16. The van der Waals surface area contributed by atoms with Gasteiger partial charge in [-0.05, 0) is 6.92 Å². The summed E-state index contributed by atoms with van der Waals surface area (Å²) in [7, 11) is 0. The average molecular weight is 306 g/mol. The predicted octanol–water partition coefficient (Wildman–Crippen LogP) is -0.411. The first kappa shape index (κ1) is 15.9. The highest BCUT2D eigenvalue weighted by Crippen LogP contribution is 2.17. The van der Waals surface area contributed by atoms with Crippen LogP contribution in [-0.2, 0) is 11.3 Å². The van der Waals surface area contributed by atoms with Crippen LogP contribution in [0.4, 0.5) is 5.82 Å². The van der Waals surface area contributed by atoms with E-state index in [1.54, 1.807) is 4.57 Å². The van der Waals surface area contributed by atoms with Crippen molar-refractivity contribution >= 4 is 23.0 Å².